The van der Waals surface area contributed by atoms with Crippen LogP contribution in [0.15, 0.2) is 24.3 Å². The Morgan fingerprint density at radius 3 is 2.82 bits per heavy atom. The Balaban J connectivity index is 1.77. The zero-order chi connectivity index (χ0) is 16.0. The summed E-state index contributed by atoms with van der Waals surface area (Å²) in [5, 5.41) is 0. The van der Waals surface area contributed by atoms with Gasteiger partial charge in [-0.3, -0.25) is 4.79 Å². The van der Waals surface area contributed by atoms with Crippen LogP contribution >= 0.6 is 0 Å². The molecule has 1 fully saturated rings. The molecule has 0 aromatic heterocycles. The van der Waals surface area contributed by atoms with Crippen molar-refractivity contribution >= 4 is 15.9 Å². The van der Waals surface area contributed by atoms with Crippen LogP contribution in [0.5, 0.6) is 0 Å². The average molecular weight is 321 g/mol. The van der Waals surface area contributed by atoms with E-state index in [9.17, 15) is 13.2 Å². The zero-order valence-electron chi connectivity index (χ0n) is 13.2. The van der Waals surface area contributed by atoms with Crippen LogP contribution in [0.4, 0.5) is 0 Å². The van der Waals surface area contributed by atoms with Gasteiger partial charge in [0.1, 0.15) is 0 Å². The van der Waals surface area contributed by atoms with Crippen molar-refractivity contribution in [2.45, 2.75) is 44.4 Å². The van der Waals surface area contributed by atoms with Gasteiger partial charge in [0.15, 0.2) is 0 Å². The molecule has 0 radical (unpaired) electrons. The summed E-state index contributed by atoms with van der Waals surface area (Å²) >= 11 is 0. The van der Waals surface area contributed by atoms with Gasteiger partial charge in [-0.25, -0.2) is 12.7 Å². The number of carbonyl (C=O) groups is 1. The van der Waals surface area contributed by atoms with E-state index >= 15 is 0 Å². The number of hydrogen-bond donors (Lipinski definition) is 0. The lowest BCUT2D eigenvalue weighted by atomic mass is 9.95. The molecule has 120 valence electrons. The lowest BCUT2D eigenvalue weighted by molar-refractivity contribution is -0.127. The second kappa shape index (κ2) is 5.37. The highest BCUT2D eigenvalue weighted by Crippen LogP contribution is 2.62. The number of hydrogen-bond acceptors (Lipinski definition) is 3. The number of sulfonamides is 1. The number of aryl methyl sites for hydroxylation is 1. The van der Waals surface area contributed by atoms with Gasteiger partial charge in [0.05, 0.1) is 5.75 Å². The highest BCUT2D eigenvalue weighted by Gasteiger charge is 2.62. The van der Waals surface area contributed by atoms with E-state index in [2.05, 4.69) is 12.1 Å². The molecule has 0 aliphatic heterocycles. The van der Waals surface area contributed by atoms with Crippen LogP contribution in [-0.4, -0.2) is 31.4 Å². The second-order valence-electron chi connectivity index (χ2n) is 6.55. The number of unbranched alkanes of at least 4 members (excludes halogenated alkanes) is 1. The quantitative estimate of drug-likeness (QED) is 0.837. The smallest absolute Gasteiger partial charge is 0.239 e. The largest absolute Gasteiger partial charge is 0.273 e. The summed E-state index contributed by atoms with van der Waals surface area (Å²) in [6.07, 6.45) is 4.15. The Hall–Kier alpha value is -1.36. The van der Waals surface area contributed by atoms with E-state index < -0.39 is 10.0 Å². The molecule has 1 aromatic rings. The van der Waals surface area contributed by atoms with Crippen LogP contribution in [0.2, 0.25) is 0 Å². The molecule has 2 aliphatic carbocycles. The van der Waals surface area contributed by atoms with Crippen LogP contribution < -0.4 is 0 Å². The molecule has 1 aromatic carbocycles. The summed E-state index contributed by atoms with van der Waals surface area (Å²) in [5.41, 5.74) is 2.48. The van der Waals surface area contributed by atoms with Gasteiger partial charge in [0.2, 0.25) is 15.9 Å². The third-order valence-corrected chi connectivity index (χ3v) is 7.07. The Kier molecular flexibility index (Phi) is 3.79. The third kappa shape index (κ3) is 2.35. The van der Waals surface area contributed by atoms with Gasteiger partial charge >= 0.3 is 0 Å². The lowest BCUT2D eigenvalue weighted by Crippen LogP contribution is -2.37. The van der Waals surface area contributed by atoms with Crippen LogP contribution in [0.1, 0.15) is 43.7 Å². The summed E-state index contributed by atoms with van der Waals surface area (Å²) in [6.45, 7) is 1.95. The zero-order valence-corrected chi connectivity index (χ0v) is 14.0. The van der Waals surface area contributed by atoms with Gasteiger partial charge in [-0.2, -0.15) is 0 Å². The molecule has 1 spiro atoms. The van der Waals surface area contributed by atoms with Crippen LogP contribution in [0, 0.1) is 5.92 Å². The SMILES string of the molecule is CCCCS(=O)(=O)N(C)C(=O)C1CC12CCc1ccccc12. The maximum Gasteiger partial charge on any atom is 0.239 e. The summed E-state index contributed by atoms with van der Waals surface area (Å²) < 4.78 is 25.4. The minimum absolute atomic E-state index is 0.0576. The summed E-state index contributed by atoms with van der Waals surface area (Å²) in [5.74, 6) is -0.340. The monoisotopic (exact) mass is 321 g/mol. The molecule has 22 heavy (non-hydrogen) atoms. The maximum atomic E-state index is 12.6. The van der Waals surface area contributed by atoms with Crippen molar-refractivity contribution in [3.63, 3.8) is 0 Å². The van der Waals surface area contributed by atoms with E-state index in [-0.39, 0.29) is 23.0 Å². The lowest BCUT2D eigenvalue weighted by Gasteiger charge is -2.19. The number of fused-ring (bicyclic) bond motifs is 2. The number of rotatable bonds is 5. The molecule has 4 nitrogen and oxygen atoms in total. The molecule has 0 N–H and O–H groups in total. The molecule has 1 amide bonds. The fourth-order valence-electron chi connectivity index (χ4n) is 3.74. The normalized spacial score (nSPS) is 26.0. The van der Waals surface area contributed by atoms with Crippen LogP contribution in [-0.2, 0) is 26.7 Å². The van der Waals surface area contributed by atoms with Crippen molar-refractivity contribution in [3.8, 4) is 0 Å². The molecule has 0 heterocycles. The first-order chi connectivity index (χ1) is 10.4. The summed E-state index contributed by atoms with van der Waals surface area (Å²) in [7, 11) is -2.05. The van der Waals surface area contributed by atoms with Gasteiger partial charge in [0, 0.05) is 18.4 Å². The number of benzene rings is 1. The Labute approximate surface area is 132 Å². The van der Waals surface area contributed by atoms with Gasteiger partial charge in [0.25, 0.3) is 0 Å². The summed E-state index contributed by atoms with van der Waals surface area (Å²) in [6, 6.07) is 8.25. The van der Waals surface area contributed by atoms with E-state index in [4.69, 9.17) is 0 Å². The first-order valence-corrected chi connectivity index (χ1v) is 9.62. The van der Waals surface area contributed by atoms with Crippen molar-refractivity contribution in [3.05, 3.63) is 35.4 Å². The first-order valence-electron chi connectivity index (χ1n) is 8.01. The van der Waals surface area contributed by atoms with Crippen LogP contribution in [0.25, 0.3) is 0 Å². The topological polar surface area (TPSA) is 54.5 Å². The predicted molar refractivity (Wildman–Crippen MR) is 86.0 cm³/mol. The van der Waals surface area contributed by atoms with E-state index in [1.165, 1.54) is 18.2 Å². The van der Waals surface area contributed by atoms with Crippen molar-refractivity contribution in [2.75, 3.05) is 12.8 Å². The first kappa shape index (κ1) is 15.5. The van der Waals surface area contributed by atoms with Gasteiger partial charge in [-0.15, -0.1) is 0 Å². The highest BCUT2D eigenvalue weighted by atomic mass is 32.2. The molecular formula is C17H23NO3S. The van der Waals surface area contributed by atoms with E-state index in [0.29, 0.717) is 6.42 Å². The Morgan fingerprint density at radius 1 is 1.36 bits per heavy atom. The van der Waals surface area contributed by atoms with Gasteiger partial charge < -0.3 is 0 Å². The molecule has 5 heteroatoms. The fourth-order valence-corrected chi connectivity index (χ4v) is 5.07. The molecule has 2 aliphatic rings. The van der Waals surface area contributed by atoms with Gasteiger partial charge in [-0.1, -0.05) is 37.6 Å². The van der Waals surface area contributed by atoms with Crippen molar-refractivity contribution in [1.29, 1.82) is 0 Å². The number of carbonyl (C=O) groups excluding carboxylic acids is 1. The van der Waals surface area contributed by atoms with E-state index in [1.54, 1.807) is 0 Å². The van der Waals surface area contributed by atoms with Gasteiger partial charge in [-0.05, 0) is 36.8 Å². The fraction of sp³-hybridized carbons (Fsp3) is 0.588. The standard InChI is InChI=1S/C17H23NO3S/c1-3-4-11-22(20,21)18(2)16(19)15-12-17(15)10-9-13-7-5-6-8-14(13)17/h5-8,15H,3-4,9-12H2,1-2H3. The van der Waals surface area contributed by atoms with E-state index in [1.807, 2.05) is 19.1 Å². The number of amides is 1. The molecule has 1 saturated carbocycles. The molecule has 0 saturated heterocycles. The highest BCUT2D eigenvalue weighted by molar-refractivity contribution is 7.89. The van der Waals surface area contributed by atoms with Crippen LogP contribution in [0.3, 0.4) is 0 Å². The molecular weight excluding hydrogens is 298 g/mol. The second-order valence-corrected chi connectivity index (χ2v) is 8.67. The predicted octanol–water partition coefficient (Wildman–Crippen LogP) is 2.48. The third-order valence-electron chi connectivity index (χ3n) is 5.25. The van der Waals surface area contributed by atoms with Crippen molar-refractivity contribution in [1.82, 2.24) is 4.31 Å². The average Bonchev–Trinajstić information content (AvgIpc) is 3.13. The van der Waals surface area contributed by atoms with Crippen molar-refractivity contribution < 1.29 is 13.2 Å². The molecule has 2 unspecified atom stereocenters. The van der Waals surface area contributed by atoms with E-state index in [0.717, 1.165) is 30.0 Å². The Bertz CT molecular complexity index is 698. The minimum atomic E-state index is -3.47. The Morgan fingerprint density at radius 2 is 2.09 bits per heavy atom. The van der Waals surface area contributed by atoms with Crippen molar-refractivity contribution in [2.24, 2.45) is 5.92 Å². The molecule has 2 atom stereocenters. The molecule has 0 bridgehead atoms. The molecule has 3 rings (SSSR count). The maximum absolute atomic E-state index is 12.6. The summed E-state index contributed by atoms with van der Waals surface area (Å²) in [4.78, 5) is 12.6. The minimum Gasteiger partial charge on any atom is -0.273 e. The number of nitrogens with zero attached hydrogens (tertiary/aromatic N) is 1.